The predicted molar refractivity (Wildman–Crippen MR) is 79.9 cm³/mol. The summed E-state index contributed by atoms with van der Waals surface area (Å²) < 4.78 is 5.82. The van der Waals surface area contributed by atoms with E-state index in [4.69, 9.17) is 4.74 Å². The molecule has 2 rings (SSSR count). The van der Waals surface area contributed by atoms with Crippen LogP contribution in [0.1, 0.15) is 33.6 Å². The van der Waals surface area contributed by atoms with E-state index in [1.807, 2.05) is 25.7 Å². The number of likely N-dealkylation sites (tertiary alicyclic amines) is 1. The molecule has 1 unspecified atom stereocenters. The lowest BCUT2D eigenvalue weighted by atomic mass is 10.1. The van der Waals surface area contributed by atoms with Gasteiger partial charge in [-0.05, 0) is 33.6 Å². The zero-order valence-electron chi connectivity index (χ0n) is 13.4. The number of carbonyl (C=O) groups excluding carboxylic acids is 2. The Balaban J connectivity index is 1.72. The minimum absolute atomic E-state index is 0.0246. The van der Waals surface area contributed by atoms with Crippen LogP contribution in [0.2, 0.25) is 0 Å². The molecule has 6 nitrogen and oxygen atoms in total. The van der Waals surface area contributed by atoms with Crippen molar-refractivity contribution in [1.29, 1.82) is 0 Å². The van der Waals surface area contributed by atoms with Crippen molar-refractivity contribution in [2.75, 3.05) is 39.3 Å². The Morgan fingerprint density at radius 3 is 2.57 bits per heavy atom. The van der Waals surface area contributed by atoms with Crippen LogP contribution in [0.4, 0.5) is 0 Å². The zero-order chi connectivity index (χ0) is 15.5. The van der Waals surface area contributed by atoms with E-state index in [0.29, 0.717) is 6.54 Å². The summed E-state index contributed by atoms with van der Waals surface area (Å²) in [5.41, 5.74) is -0.233. The third kappa shape index (κ3) is 4.97. The average molecular weight is 297 g/mol. The standard InChI is InChI=1S/C15H27N3O3/c1-12-9-17(11-15(2,3)21-12)10-13(19)16-8-14(20)18-6-4-5-7-18/h12H,4-11H2,1-3H3,(H,16,19). The highest BCUT2D eigenvalue weighted by Gasteiger charge is 2.32. The Morgan fingerprint density at radius 1 is 1.29 bits per heavy atom. The first-order valence-electron chi connectivity index (χ1n) is 7.80. The molecule has 21 heavy (non-hydrogen) atoms. The van der Waals surface area contributed by atoms with Crippen LogP contribution >= 0.6 is 0 Å². The molecular weight excluding hydrogens is 270 g/mol. The SMILES string of the molecule is CC1CN(CC(=O)NCC(=O)N2CCCC2)CC(C)(C)O1. The van der Waals surface area contributed by atoms with Crippen molar-refractivity contribution >= 4 is 11.8 Å². The molecule has 0 aromatic heterocycles. The van der Waals surface area contributed by atoms with Crippen molar-refractivity contribution in [3.05, 3.63) is 0 Å². The lowest BCUT2D eigenvalue weighted by molar-refractivity contribution is -0.141. The van der Waals surface area contributed by atoms with Crippen molar-refractivity contribution in [1.82, 2.24) is 15.1 Å². The van der Waals surface area contributed by atoms with E-state index in [2.05, 4.69) is 10.2 Å². The summed E-state index contributed by atoms with van der Waals surface area (Å²) in [6, 6.07) is 0. The summed E-state index contributed by atoms with van der Waals surface area (Å²) in [5, 5.41) is 2.74. The second-order valence-electron chi connectivity index (χ2n) is 6.72. The highest BCUT2D eigenvalue weighted by molar-refractivity contribution is 5.85. The van der Waals surface area contributed by atoms with Gasteiger partial charge in [-0.15, -0.1) is 0 Å². The molecular formula is C15H27N3O3. The molecule has 1 N–H and O–H groups in total. The number of rotatable bonds is 4. The summed E-state index contributed by atoms with van der Waals surface area (Å²) >= 11 is 0. The molecule has 2 aliphatic heterocycles. The quantitative estimate of drug-likeness (QED) is 0.806. The third-order valence-corrected chi connectivity index (χ3v) is 3.90. The predicted octanol–water partition coefficient (Wildman–Crippen LogP) is 0.224. The number of ether oxygens (including phenoxy) is 1. The molecule has 2 amide bonds. The van der Waals surface area contributed by atoms with Crippen molar-refractivity contribution in [2.24, 2.45) is 0 Å². The molecule has 120 valence electrons. The van der Waals surface area contributed by atoms with Crippen LogP contribution in [0.15, 0.2) is 0 Å². The van der Waals surface area contributed by atoms with E-state index in [1.165, 1.54) is 0 Å². The number of amides is 2. The number of hydrogen-bond donors (Lipinski definition) is 1. The molecule has 0 bridgehead atoms. The fourth-order valence-electron chi connectivity index (χ4n) is 3.22. The highest BCUT2D eigenvalue weighted by Crippen LogP contribution is 2.20. The van der Waals surface area contributed by atoms with Crippen molar-refractivity contribution in [2.45, 2.75) is 45.3 Å². The first-order valence-corrected chi connectivity index (χ1v) is 7.80. The van der Waals surface area contributed by atoms with Gasteiger partial charge in [0.25, 0.3) is 0 Å². The summed E-state index contributed by atoms with van der Waals surface area (Å²) in [6.07, 6.45) is 2.26. The maximum absolute atomic E-state index is 12.0. The zero-order valence-corrected chi connectivity index (χ0v) is 13.4. The molecule has 0 aromatic carbocycles. The van der Waals surface area contributed by atoms with E-state index in [1.54, 1.807) is 0 Å². The van der Waals surface area contributed by atoms with Gasteiger partial charge in [-0.1, -0.05) is 0 Å². The van der Waals surface area contributed by atoms with E-state index in [-0.39, 0.29) is 30.1 Å². The van der Waals surface area contributed by atoms with Gasteiger partial charge in [-0.3, -0.25) is 14.5 Å². The summed E-state index contributed by atoms with van der Waals surface area (Å²) in [5.74, 6) is -0.0658. The van der Waals surface area contributed by atoms with Crippen LogP contribution < -0.4 is 5.32 Å². The van der Waals surface area contributed by atoms with Gasteiger partial charge >= 0.3 is 0 Å². The van der Waals surface area contributed by atoms with Crippen LogP contribution in [0.5, 0.6) is 0 Å². The number of nitrogens with one attached hydrogen (secondary N) is 1. The van der Waals surface area contributed by atoms with Crippen LogP contribution in [-0.2, 0) is 14.3 Å². The lowest BCUT2D eigenvalue weighted by Gasteiger charge is -2.41. The topological polar surface area (TPSA) is 61.9 Å². The van der Waals surface area contributed by atoms with Gasteiger partial charge < -0.3 is 15.0 Å². The van der Waals surface area contributed by atoms with E-state index in [0.717, 1.165) is 39.0 Å². The summed E-state index contributed by atoms with van der Waals surface area (Å²) in [4.78, 5) is 27.8. The molecule has 2 aliphatic rings. The molecule has 0 radical (unpaired) electrons. The monoisotopic (exact) mass is 297 g/mol. The Bertz CT molecular complexity index is 392. The lowest BCUT2D eigenvalue weighted by Crippen LogP contribution is -2.54. The Morgan fingerprint density at radius 2 is 1.95 bits per heavy atom. The highest BCUT2D eigenvalue weighted by atomic mass is 16.5. The average Bonchev–Trinajstić information content (AvgIpc) is 2.87. The summed E-state index contributed by atoms with van der Waals surface area (Å²) in [6.45, 7) is 9.64. The van der Waals surface area contributed by atoms with Gasteiger partial charge in [-0.25, -0.2) is 0 Å². The van der Waals surface area contributed by atoms with E-state index >= 15 is 0 Å². The number of carbonyl (C=O) groups is 2. The molecule has 2 fully saturated rings. The van der Waals surface area contributed by atoms with Crippen molar-refractivity contribution in [3.8, 4) is 0 Å². The van der Waals surface area contributed by atoms with Crippen LogP contribution in [0.3, 0.4) is 0 Å². The van der Waals surface area contributed by atoms with E-state index in [9.17, 15) is 9.59 Å². The molecule has 1 atom stereocenters. The van der Waals surface area contributed by atoms with Crippen LogP contribution in [0.25, 0.3) is 0 Å². The smallest absolute Gasteiger partial charge is 0.241 e. The minimum atomic E-state index is -0.233. The largest absolute Gasteiger partial charge is 0.370 e. The first kappa shape index (κ1) is 16.2. The van der Waals surface area contributed by atoms with Gasteiger partial charge in [0.15, 0.2) is 0 Å². The number of hydrogen-bond acceptors (Lipinski definition) is 4. The number of morpholine rings is 1. The fourth-order valence-corrected chi connectivity index (χ4v) is 3.22. The molecule has 0 aliphatic carbocycles. The molecule has 2 heterocycles. The van der Waals surface area contributed by atoms with Crippen molar-refractivity contribution < 1.29 is 14.3 Å². The summed E-state index contributed by atoms with van der Waals surface area (Å²) in [7, 11) is 0. The van der Waals surface area contributed by atoms with Crippen molar-refractivity contribution in [3.63, 3.8) is 0 Å². The Kier molecular flexibility index (Phi) is 5.22. The van der Waals surface area contributed by atoms with Crippen LogP contribution in [0, 0.1) is 0 Å². The molecule has 0 aromatic rings. The Labute approximate surface area is 126 Å². The normalized spacial score (nSPS) is 25.9. The fraction of sp³-hybridized carbons (Fsp3) is 0.867. The van der Waals surface area contributed by atoms with Gasteiger partial charge in [0.1, 0.15) is 0 Å². The van der Waals surface area contributed by atoms with Gasteiger partial charge in [0.2, 0.25) is 11.8 Å². The van der Waals surface area contributed by atoms with Gasteiger partial charge in [-0.2, -0.15) is 0 Å². The Hall–Kier alpha value is -1.14. The van der Waals surface area contributed by atoms with Crippen LogP contribution in [-0.4, -0.2) is 72.6 Å². The number of nitrogens with zero attached hydrogens (tertiary/aromatic N) is 2. The maximum Gasteiger partial charge on any atom is 0.241 e. The van der Waals surface area contributed by atoms with E-state index < -0.39 is 0 Å². The molecule has 0 spiro atoms. The second kappa shape index (κ2) is 6.75. The molecule has 2 saturated heterocycles. The first-order chi connectivity index (χ1) is 9.85. The second-order valence-corrected chi connectivity index (χ2v) is 6.72. The molecule has 6 heteroatoms. The van der Waals surface area contributed by atoms with Gasteiger partial charge in [0, 0.05) is 26.2 Å². The maximum atomic E-state index is 12.0. The third-order valence-electron chi connectivity index (χ3n) is 3.90. The minimum Gasteiger partial charge on any atom is -0.370 e. The molecule has 0 saturated carbocycles. The van der Waals surface area contributed by atoms with Gasteiger partial charge in [0.05, 0.1) is 24.8 Å².